The first-order valence-corrected chi connectivity index (χ1v) is 5.05. The van der Waals surface area contributed by atoms with Gasteiger partial charge in [-0.25, -0.2) is 0 Å². The fourth-order valence-electron chi connectivity index (χ4n) is 2.55. The van der Waals surface area contributed by atoms with Crippen molar-refractivity contribution in [3.05, 3.63) is 0 Å². The summed E-state index contributed by atoms with van der Waals surface area (Å²) < 4.78 is 5.37. The third-order valence-electron chi connectivity index (χ3n) is 3.12. The quantitative estimate of drug-likeness (QED) is 0.490. The number of rotatable bonds is 2. The van der Waals surface area contributed by atoms with Crippen LogP contribution in [0.25, 0.3) is 0 Å². The molecule has 2 nitrogen and oxygen atoms in total. The first-order chi connectivity index (χ1) is 5.74. The Morgan fingerprint density at radius 3 is 2.58 bits per heavy atom. The molecule has 0 aliphatic heterocycles. The van der Waals surface area contributed by atoms with Gasteiger partial charge < -0.3 is 4.74 Å². The molecule has 0 heterocycles. The molecule has 12 heavy (non-hydrogen) atoms. The van der Waals surface area contributed by atoms with Crippen LogP contribution in [0.1, 0.15) is 32.1 Å². The minimum atomic E-state index is -0.251. The van der Waals surface area contributed by atoms with Crippen molar-refractivity contribution in [3.63, 3.8) is 0 Å². The van der Waals surface area contributed by atoms with E-state index in [1.807, 2.05) is 0 Å². The second-order valence-corrected chi connectivity index (χ2v) is 4.21. The number of esters is 1. The van der Waals surface area contributed by atoms with Gasteiger partial charge in [-0.05, 0) is 38.0 Å². The van der Waals surface area contributed by atoms with E-state index >= 15 is 0 Å². The van der Waals surface area contributed by atoms with Crippen molar-refractivity contribution in [3.8, 4) is 0 Å². The fraction of sp³-hybridized carbons (Fsp3) is 0.889. The maximum absolute atomic E-state index is 11.0. The number of alkyl halides is 1. The van der Waals surface area contributed by atoms with E-state index in [-0.39, 0.29) is 17.5 Å². The fourth-order valence-corrected chi connectivity index (χ4v) is 2.61. The standard InChI is InChI=1S/C9H13ClO2/c10-6-8(11)12-9-3-1-7(5-9)2-4-9/h7H,1-6H2. The van der Waals surface area contributed by atoms with Crippen LogP contribution >= 0.6 is 11.6 Å². The molecule has 0 unspecified atom stereocenters. The number of carbonyl (C=O) groups excluding carboxylic acids is 1. The lowest BCUT2D eigenvalue weighted by Crippen LogP contribution is -2.30. The highest BCUT2D eigenvalue weighted by Gasteiger charge is 2.47. The van der Waals surface area contributed by atoms with Gasteiger partial charge in [0, 0.05) is 0 Å². The number of fused-ring (bicyclic) bond motifs is 2. The molecule has 2 rings (SSSR count). The second-order valence-electron chi connectivity index (χ2n) is 3.94. The number of carbonyl (C=O) groups is 1. The zero-order valence-electron chi connectivity index (χ0n) is 7.01. The molecule has 0 aromatic carbocycles. The molecular weight excluding hydrogens is 176 g/mol. The summed E-state index contributed by atoms with van der Waals surface area (Å²) in [5.74, 6) is 0.555. The summed E-state index contributed by atoms with van der Waals surface area (Å²) in [5.41, 5.74) is -0.101. The molecule has 0 atom stereocenters. The number of hydrogen-bond donors (Lipinski definition) is 0. The van der Waals surface area contributed by atoms with Gasteiger partial charge in [0.15, 0.2) is 0 Å². The molecule has 2 fully saturated rings. The molecule has 0 spiro atoms. The largest absolute Gasteiger partial charge is 0.458 e. The summed E-state index contributed by atoms with van der Waals surface area (Å²) in [6, 6.07) is 0. The van der Waals surface area contributed by atoms with Crippen LogP contribution in [-0.2, 0) is 9.53 Å². The monoisotopic (exact) mass is 188 g/mol. The van der Waals surface area contributed by atoms with Crippen LogP contribution in [-0.4, -0.2) is 17.5 Å². The Morgan fingerprint density at radius 1 is 1.50 bits per heavy atom. The minimum Gasteiger partial charge on any atom is -0.458 e. The van der Waals surface area contributed by atoms with Gasteiger partial charge in [-0.15, -0.1) is 11.6 Å². The Hall–Kier alpha value is -0.240. The van der Waals surface area contributed by atoms with Gasteiger partial charge in [0.1, 0.15) is 11.5 Å². The van der Waals surface area contributed by atoms with E-state index < -0.39 is 0 Å². The summed E-state index contributed by atoms with van der Waals surface area (Å²) >= 11 is 5.39. The van der Waals surface area contributed by atoms with Crippen LogP contribution in [0.5, 0.6) is 0 Å². The van der Waals surface area contributed by atoms with Gasteiger partial charge in [-0.2, -0.15) is 0 Å². The summed E-state index contributed by atoms with van der Waals surface area (Å²) in [7, 11) is 0. The molecule has 2 aliphatic carbocycles. The summed E-state index contributed by atoms with van der Waals surface area (Å²) in [6.07, 6.45) is 5.65. The SMILES string of the molecule is O=C(CCl)OC12CCC(CC1)C2. The van der Waals surface area contributed by atoms with Crippen molar-refractivity contribution >= 4 is 17.6 Å². The highest BCUT2D eigenvalue weighted by molar-refractivity contribution is 6.26. The highest BCUT2D eigenvalue weighted by Crippen LogP contribution is 2.49. The second kappa shape index (κ2) is 2.91. The third kappa shape index (κ3) is 1.33. The molecule has 0 aromatic heterocycles. The topological polar surface area (TPSA) is 26.3 Å². The van der Waals surface area contributed by atoms with Gasteiger partial charge in [0.05, 0.1) is 0 Å². The number of ether oxygens (including phenoxy) is 1. The van der Waals surface area contributed by atoms with E-state index in [2.05, 4.69) is 0 Å². The van der Waals surface area contributed by atoms with Gasteiger partial charge in [-0.3, -0.25) is 4.79 Å². The smallest absolute Gasteiger partial charge is 0.321 e. The summed E-state index contributed by atoms with van der Waals surface area (Å²) in [4.78, 5) is 11.0. The van der Waals surface area contributed by atoms with Crippen LogP contribution in [0, 0.1) is 5.92 Å². The Kier molecular flexibility index (Phi) is 2.03. The lowest BCUT2D eigenvalue weighted by atomic mass is 9.97. The van der Waals surface area contributed by atoms with Crippen LogP contribution in [0.4, 0.5) is 0 Å². The molecule has 0 N–H and O–H groups in total. The number of hydrogen-bond acceptors (Lipinski definition) is 2. The lowest BCUT2D eigenvalue weighted by molar-refractivity contribution is -0.155. The van der Waals surface area contributed by atoms with Crippen molar-refractivity contribution in [1.82, 2.24) is 0 Å². The first kappa shape index (κ1) is 8.36. The van der Waals surface area contributed by atoms with Crippen LogP contribution in [0.15, 0.2) is 0 Å². The molecular formula is C9H13ClO2. The van der Waals surface area contributed by atoms with Crippen LogP contribution in [0.2, 0.25) is 0 Å². The molecule has 2 saturated carbocycles. The Morgan fingerprint density at radius 2 is 2.17 bits per heavy atom. The van der Waals surface area contributed by atoms with Crippen molar-refractivity contribution in [2.24, 2.45) is 5.92 Å². The van der Waals surface area contributed by atoms with E-state index in [0.717, 1.165) is 25.2 Å². The molecule has 2 aliphatic rings. The van der Waals surface area contributed by atoms with Crippen LogP contribution < -0.4 is 0 Å². The first-order valence-electron chi connectivity index (χ1n) is 4.52. The van der Waals surface area contributed by atoms with Crippen LogP contribution in [0.3, 0.4) is 0 Å². The Labute approximate surface area is 77.2 Å². The molecule has 3 heteroatoms. The zero-order chi connectivity index (χ0) is 8.60. The number of halogens is 1. The average molecular weight is 189 g/mol. The third-order valence-corrected chi connectivity index (χ3v) is 3.33. The predicted molar refractivity (Wildman–Crippen MR) is 46.1 cm³/mol. The zero-order valence-corrected chi connectivity index (χ0v) is 7.77. The molecule has 0 amide bonds. The van der Waals surface area contributed by atoms with Gasteiger partial charge in [-0.1, -0.05) is 0 Å². The Balaban J connectivity index is 1.98. The van der Waals surface area contributed by atoms with E-state index in [0.29, 0.717) is 0 Å². The maximum atomic E-state index is 11.0. The minimum absolute atomic E-state index is 0.00752. The maximum Gasteiger partial charge on any atom is 0.321 e. The molecule has 2 bridgehead atoms. The molecule has 68 valence electrons. The average Bonchev–Trinajstić information content (AvgIpc) is 2.63. The van der Waals surface area contributed by atoms with Crippen molar-refractivity contribution in [2.75, 3.05) is 5.88 Å². The lowest BCUT2D eigenvalue weighted by Gasteiger charge is -2.26. The van der Waals surface area contributed by atoms with Crippen molar-refractivity contribution < 1.29 is 9.53 Å². The van der Waals surface area contributed by atoms with E-state index in [1.54, 1.807) is 0 Å². The predicted octanol–water partition coefficient (Wildman–Crippen LogP) is 2.10. The molecule has 0 aromatic rings. The van der Waals surface area contributed by atoms with Gasteiger partial charge in [0.2, 0.25) is 0 Å². The van der Waals surface area contributed by atoms with E-state index in [4.69, 9.17) is 16.3 Å². The molecule has 0 radical (unpaired) electrons. The summed E-state index contributed by atoms with van der Waals surface area (Å²) in [5, 5.41) is 0. The molecule has 0 saturated heterocycles. The summed E-state index contributed by atoms with van der Waals surface area (Å²) in [6.45, 7) is 0. The Bertz CT molecular complexity index is 195. The van der Waals surface area contributed by atoms with E-state index in [1.165, 1.54) is 12.8 Å². The van der Waals surface area contributed by atoms with Crippen molar-refractivity contribution in [1.29, 1.82) is 0 Å². The van der Waals surface area contributed by atoms with Gasteiger partial charge >= 0.3 is 5.97 Å². The normalized spacial score (nSPS) is 38.6. The van der Waals surface area contributed by atoms with Gasteiger partial charge in [0.25, 0.3) is 0 Å². The van der Waals surface area contributed by atoms with Crippen molar-refractivity contribution in [2.45, 2.75) is 37.7 Å². The highest BCUT2D eigenvalue weighted by atomic mass is 35.5. The van der Waals surface area contributed by atoms with E-state index in [9.17, 15) is 4.79 Å².